The van der Waals surface area contributed by atoms with E-state index in [2.05, 4.69) is 48.7 Å². The normalized spacial score (nSPS) is 20.7. The van der Waals surface area contributed by atoms with Crippen LogP contribution in [0.4, 0.5) is 0 Å². The standard InChI is InChI=1S/C19H22N6O/c1-25-16(12-14-4-2-3-5-17(14)25)10-11-18(26)20-15-8-6-13(7-9-15)19-21-23-24-22-19/h2-5,10-13,15H,6-9H2,1H3,(H,20,26)(H,21,22,23,24)/b11-10+. The summed E-state index contributed by atoms with van der Waals surface area (Å²) in [6.07, 6.45) is 7.31. The van der Waals surface area contributed by atoms with E-state index in [1.165, 1.54) is 5.39 Å². The van der Waals surface area contributed by atoms with Crippen LogP contribution in [-0.4, -0.2) is 37.1 Å². The summed E-state index contributed by atoms with van der Waals surface area (Å²) < 4.78 is 2.09. The molecule has 1 aliphatic rings. The van der Waals surface area contributed by atoms with Gasteiger partial charge in [0, 0.05) is 41.7 Å². The van der Waals surface area contributed by atoms with Crippen LogP contribution in [0.25, 0.3) is 17.0 Å². The number of rotatable bonds is 4. The van der Waals surface area contributed by atoms with Crippen LogP contribution in [0.2, 0.25) is 0 Å². The quantitative estimate of drug-likeness (QED) is 0.708. The largest absolute Gasteiger partial charge is 0.350 e. The molecule has 2 heterocycles. The molecule has 7 heteroatoms. The molecule has 0 radical (unpaired) electrons. The van der Waals surface area contributed by atoms with Gasteiger partial charge in [0.25, 0.3) is 0 Å². The van der Waals surface area contributed by atoms with Gasteiger partial charge in [0.1, 0.15) is 0 Å². The van der Waals surface area contributed by atoms with Crippen molar-refractivity contribution in [2.45, 2.75) is 37.6 Å². The SMILES string of the molecule is Cn1c(/C=C/C(=O)NC2CCC(c3nn[nH]n3)CC2)cc2ccccc21. The highest BCUT2D eigenvalue weighted by Crippen LogP contribution is 2.30. The predicted molar refractivity (Wildman–Crippen MR) is 99.3 cm³/mol. The highest BCUT2D eigenvalue weighted by molar-refractivity contribution is 5.93. The van der Waals surface area contributed by atoms with Crippen molar-refractivity contribution in [1.82, 2.24) is 30.5 Å². The Hall–Kier alpha value is -2.96. The molecule has 0 unspecified atom stereocenters. The Balaban J connectivity index is 1.34. The number of aromatic nitrogens is 5. The monoisotopic (exact) mass is 350 g/mol. The lowest BCUT2D eigenvalue weighted by atomic mass is 9.85. The van der Waals surface area contributed by atoms with Gasteiger partial charge in [-0.05, 0) is 43.9 Å². The van der Waals surface area contributed by atoms with Crippen LogP contribution >= 0.6 is 0 Å². The lowest BCUT2D eigenvalue weighted by Crippen LogP contribution is -2.36. The molecule has 1 aliphatic carbocycles. The topological polar surface area (TPSA) is 88.5 Å². The Kier molecular flexibility index (Phi) is 4.51. The second kappa shape index (κ2) is 7.11. The summed E-state index contributed by atoms with van der Waals surface area (Å²) in [6.45, 7) is 0. The second-order valence-electron chi connectivity index (χ2n) is 6.85. The van der Waals surface area contributed by atoms with Gasteiger partial charge < -0.3 is 9.88 Å². The van der Waals surface area contributed by atoms with E-state index in [9.17, 15) is 4.79 Å². The Labute approximate surface area is 151 Å². The summed E-state index contributed by atoms with van der Waals surface area (Å²) in [5, 5.41) is 18.5. The first kappa shape index (κ1) is 16.5. The van der Waals surface area contributed by atoms with Gasteiger partial charge >= 0.3 is 0 Å². The Morgan fingerprint density at radius 1 is 1.27 bits per heavy atom. The van der Waals surface area contributed by atoms with E-state index in [1.807, 2.05) is 25.3 Å². The molecule has 3 aromatic rings. The van der Waals surface area contributed by atoms with Crippen molar-refractivity contribution < 1.29 is 4.79 Å². The summed E-state index contributed by atoms with van der Waals surface area (Å²) in [5.41, 5.74) is 2.18. The average Bonchev–Trinajstić information content (AvgIpc) is 3.30. The summed E-state index contributed by atoms with van der Waals surface area (Å²) in [4.78, 5) is 12.3. The Bertz CT molecular complexity index is 919. The number of benzene rings is 1. The zero-order valence-electron chi connectivity index (χ0n) is 14.7. The van der Waals surface area contributed by atoms with Gasteiger partial charge in [-0.1, -0.05) is 23.4 Å². The van der Waals surface area contributed by atoms with Crippen molar-refractivity contribution in [3.8, 4) is 0 Å². The van der Waals surface area contributed by atoms with Gasteiger partial charge in [-0.25, -0.2) is 0 Å². The highest BCUT2D eigenvalue weighted by atomic mass is 16.1. The molecule has 2 N–H and O–H groups in total. The van der Waals surface area contributed by atoms with Crippen molar-refractivity contribution in [3.05, 3.63) is 47.9 Å². The van der Waals surface area contributed by atoms with E-state index in [-0.39, 0.29) is 11.9 Å². The molecular formula is C19H22N6O. The molecule has 1 amide bonds. The van der Waals surface area contributed by atoms with Gasteiger partial charge in [0.15, 0.2) is 5.82 Å². The summed E-state index contributed by atoms with van der Waals surface area (Å²) in [6, 6.07) is 10.5. The molecule has 0 aliphatic heterocycles. The third kappa shape index (κ3) is 3.37. The first-order valence-corrected chi connectivity index (χ1v) is 8.97. The number of H-pyrrole nitrogens is 1. The van der Waals surface area contributed by atoms with Crippen molar-refractivity contribution >= 4 is 22.9 Å². The number of hydrogen-bond acceptors (Lipinski definition) is 4. The molecule has 134 valence electrons. The van der Waals surface area contributed by atoms with Gasteiger partial charge in [-0.15, -0.1) is 10.2 Å². The van der Waals surface area contributed by atoms with Crippen LogP contribution < -0.4 is 5.32 Å². The van der Waals surface area contributed by atoms with Crippen LogP contribution in [0.3, 0.4) is 0 Å². The molecule has 1 aromatic carbocycles. The number of aryl methyl sites for hydroxylation is 1. The molecular weight excluding hydrogens is 328 g/mol. The Morgan fingerprint density at radius 2 is 2.08 bits per heavy atom. The number of aromatic amines is 1. The van der Waals surface area contributed by atoms with Gasteiger partial charge in [-0.2, -0.15) is 5.21 Å². The first-order valence-electron chi connectivity index (χ1n) is 8.97. The minimum Gasteiger partial charge on any atom is -0.350 e. The fraction of sp³-hybridized carbons (Fsp3) is 0.368. The second-order valence-corrected chi connectivity index (χ2v) is 6.85. The maximum atomic E-state index is 12.3. The zero-order valence-corrected chi connectivity index (χ0v) is 14.7. The highest BCUT2D eigenvalue weighted by Gasteiger charge is 2.25. The van der Waals surface area contributed by atoms with Gasteiger partial charge in [-0.3, -0.25) is 4.79 Å². The van der Waals surface area contributed by atoms with E-state index >= 15 is 0 Å². The minimum atomic E-state index is -0.0433. The van der Waals surface area contributed by atoms with Crippen LogP contribution in [0.5, 0.6) is 0 Å². The van der Waals surface area contributed by atoms with Crippen molar-refractivity contribution in [3.63, 3.8) is 0 Å². The number of para-hydroxylation sites is 1. The van der Waals surface area contributed by atoms with E-state index in [4.69, 9.17) is 0 Å². The predicted octanol–water partition coefficient (Wildman–Crippen LogP) is 2.55. The number of tetrazole rings is 1. The van der Waals surface area contributed by atoms with Crippen LogP contribution in [0.15, 0.2) is 36.4 Å². The molecule has 7 nitrogen and oxygen atoms in total. The Morgan fingerprint density at radius 3 is 2.81 bits per heavy atom. The van der Waals surface area contributed by atoms with Crippen molar-refractivity contribution in [2.75, 3.05) is 0 Å². The van der Waals surface area contributed by atoms with Gasteiger partial charge in [0.05, 0.1) is 0 Å². The lowest BCUT2D eigenvalue weighted by Gasteiger charge is -2.26. The van der Waals surface area contributed by atoms with Crippen LogP contribution in [0.1, 0.15) is 43.1 Å². The molecule has 1 saturated carbocycles. The maximum Gasteiger partial charge on any atom is 0.244 e. The number of nitrogens with one attached hydrogen (secondary N) is 2. The molecule has 0 saturated heterocycles. The third-order valence-electron chi connectivity index (χ3n) is 5.19. The van der Waals surface area contributed by atoms with Crippen molar-refractivity contribution in [1.29, 1.82) is 0 Å². The summed E-state index contributed by atoms with van der Waals surface area (Å²) in [5.74, 6) is 1.08. The van der Waals surface area contributed by atoms with Gasteiger partial charge in [0.2, 0.25) is 5.91 Å². The molecule has 0 spiro atoms. The molecule has 1 fully saturated rings. The van der Waals surface area contributed by atoms with Crippen LogP contribution in [0, 0.1) is 0 Å². The van der Waals surface area contributed by atoms with Crippen molar-refractivity contribution in [2.24, 2.45) is 7.05 Å². The zero-order chi connectivity index (χ0) is 17.9. The summed E-state index contributed by atoms with van der Waals surface area (Å²) >= 11 is 0. The third-order valence-corrected chi connectivity index (χ3v) is 5.19. The smallest absolute Gasteiger partial charge is 0.244 e. The molecule has 0 bridgehead atoms. The first-order chi connectivity index (χ1) is 12.7. The van der Waals surface area contributed by atoms with E-state index in [0.29, 0.717) is 5.92 Å². The number of amides is 1. The van der Waals surface area contributed by atoms with E-state index < -0.39 is 0 Å². The number of carbonyl (C=O) groups excluding carboxylic acids is 1. The fourth-order valence-electron chi connectivity index (χ4n) is 3.72. The lowest BCUT2D eigenvalue weighted by molar-refractivity contribution is -0.117. The average molecular weight is 350 g/mol. The van der Waals surface area contributed by atoms with E-state index in [1.54, 1.807) is 6.08 Å². The van der Waals surface area contributed by atoms with Crippen LogP contribution in [-0.2, 0) is 11.8 Å². The van der Waals surface area contributed by atoms with E-state index in [0.717, 1.165) is 42.7 Å². The summed E-state index contributed by atoms with van der Waals surface area (Å²) in [7, 11) is 2.01. The number of hydrogen-bond donors (Lipinski definition) is 2. The maximum absolute atomic E-state index is 12.3. The molecule has 0 atom stereocenters. The molecule has 2 aromatic heterocycles. The number of fused-ring (bicyclic) bond motifs is 1. The molecule has 4 rings (SSSR count). The number of nitrogens with zero attached hydrogens (tertiary/aromatic N) is 4. The molecule has 26 heavy (non-hydrogen) atoms. The number of carbonyl (C=O) groups is 1. The minimum absolute atomic E-state index is 0.0433. The fourth-order valence-corrected chi connectivity index (χ4v) is 3.72.